The van der Waals surface area contributed by atoms with Crippen LogP contribution in [0.3, 0.4) is 0 Å². The lowest BCUT2D eigenvalue weighted by molar-refractivity contribution is -0.143. The van der Waals surface area contributed by atoms with Crippen molar-refractivity contribution in [3.63, 3.8) is 0 Å². The van der Waals surface area contributed by atoms with Crippen LogP contribution in [0.5, 0.6) is 5.75 Å². The molecule has 0 radical (unpaired) electrons. The van der Waals surface area contributed by atoms with Crippen molar-refractivity contribution in [3.8, 4) is 17.2 Å². The van der Waals surface area contributed by atoms with Crippen LogP contribution in [0, 0.1) is 0 Å². The number of phenolic OH excluding ortho intramolecular Hbond substituents is 1. The highest BCUT2D eigenvalue weighted by Gasteiger charge is 2.42. The molecule has 0 saturated carbocycles. The van der Waals surface area contributed by atoms with Crippen LogP contribution in [0.1, 0.15) is 27.4 Å². The lowest BCUT2D eigenvalue weighted by Crippen LogP contribution is -2.18. The number of benzene rings is 2. The molecular weight excluding hydrogens is 518 g/mol. The van der Waals surface area contributed by atoms with E-state index in [1.54, 1.807) is 12.1 Å². The highest BCUT2D eigenvalue weighted by Crippen LogP contribution is 2.41. The van der Waals surface area contributed by atoms with Crippen molar-refractivity contribution >= 4 is 39.9 Å². The highest BCUT2D eigenvalue weighted by molar-refractivity contribution is 6.35. The minimum absolute atomic E-state index is 0.0499. The van der Waals surface area contributed by atoms with Gasteiger partial charge in [0.15, 0.2) is 5.76 Å². The summed E-state index contributed by atoms with van der Waals surface area (Å²) in [6.45, 7) is -0.307. The van der Waals surface area contributed by atoms with Crippen LogP contribution in [0.25, 0.3) is 22.4 Å². The fourth-order valence-corrected chi connectivity index (χ4v) is 4.45. The van der Waals surface area contributed by atoms with Crippen LogP contribution in [0.2, 0.25) is 10.0 Å². The molecule has 5 aromatic rings. The number of aromatic hydroxyl groups is 1. The van der Waals surface area contributed by atoms with E-state index in [0.29, 0.717) is 16.1 Å². The third-order valence-corrected chi connectivity index (χ3v) is 6.13. The van der Waals surface area contributed by atoms with E-state index in [0.717, 1.165) is 16.8 Å². The maximum Gasteiger partial charge on any atom is 0.432 e. The van der Waals surface area contributed by atoms with Crippen LogP contribution in [-0.2, 0) is 12.7 Å². The Bertz CT molecular complexity index is 1610. The number of alkyl halides is 3. The summed E-state index contributed by atoms with van der Waals surface area (Å²) < 4.78 is 50.0. The van der Waals surface area contributed by atoms with E-state index in [1.807, 2.05) is 0 Å². The van der Waals surface area contributed by atoms with Crippen LogP contribution >= 0.6 is 23.2 Å². The molecule has 3 heterocycles. The molecule has 0 aliphatic carbocycles. The van der Waals surface area contributed by atoms with Gasteiger partial charge >= 0.3 is 6.18 Å². The lowest BCUT2D eigenvalue weighted by Gasteiger charge is -2.15. The molecule has 182 valence electrons. The molecule has 0 aliphatic rings. The van der Waals surface area contributed by atoms with Crippen molar-refractivity contribution in [2.24, 2.45) is 0 Å². The molecule has 0 fully saturated rings. The lowest BCUT2D eigenvalue weighted by atomic mass is 10.0. The maximum atomic E-state index is 14.5. The Hall–Kier alpha value is -3.82. The summed E-state index contributed by atoms with van der Waals surface area (Å²) in [4.78, 5) is 21.4. The molecule has 0 saturated heterocycles. The zero-order valence-electron chi connectivity index (χ0n) is 18.1. The molecule has 3 aromatic heterocycles. The Morgan fingerprint density at radius 2 is 1.81 bits per heavy atom. The van der Waals surface area contributed by atoms with Crippen LogP contribution < -0.4 is 0 Å². The van der Waals surface area contributed by atoms with Gasteiger partial charge in [0.05, 0.1) is 11.8 Å². The van der Waals surface area contributed by atoms with E-state index in [4.69, 9.17) is 27.6 Å². The topological polar surface area (TPSA) is 81.2 Å². The number of aromatic nitrogens is 3. The maximum absolute atomic E-state index is 14.5. The molecule has 0 amide bonds. The average Bonchev–Trinajstić information content (AvgIpc) is 3.44. The van der Waals surface area contributed by atoms with Crippen LogP contribution in [0.4, 0.5) is 13.2 Å². The Labute approximate surface area is 211 Å². The summed E-state index contributed by atoms with van der Waals surface area (Å²) in [6, 6.07) is 11.3. The van der Waals surface area contributed by atoms with Crippen molar-refractivity contribution in [1.82, 2.24) is 14.5 Å². The number of carbonyl (C=O) groups excluding carboxylic acids is 1. The van der Waals surface area contributed by atoms with Gasteiger partial charge < -0.3 is 14.1 Å². The third-order valence-electron chi connectivity index (χ3n) is 5.54. The van der Waals surface area contributed by atoms with Gasteiger partial charge in [-0.25, -0.2) is 4.98 Å². The number of halogens is 5. The predicted molar refractivity (Wildman–Crippen MR) is 127 cm³/mol. The molecule has 2 aromatic carbocycles. The van der Waals surface area contributed by atoms with Crippen molar-refractivity contribution in [1.29, 1.82) is 0 Å². The summed E-state index contributed by atoms with van der Waals surface area (Å²) in [5.41, 5.74) is -0.951. The second-order valence-corrected chi connectivity index (χ2v) is 8.68. The molecule has 0 aliphatic heterocycles. The fraction of sp³-hybridized carbons (Fsp3) is 0.0800. The molecule has 0 spiro atoms. The van der Waals surface area contributed by atoms with Gasteiger partial charge in [-0.1, -0.05) is 29.3 Å². The standard InChI is InChI=1S/C25H14Cl2F3N3O3/c26-15-2-1-14(18(27)9-15)12-33-19-4-3-16(34)10-17(19)21(23(33)25(28,29)30)22(35)20-11-32-24(36-20)13-5-7-31-8-6-13/h1-11,34H,12H2. The number of fused-ring (bicyclic) bond motifs is 1. The van der Waals surface area contributed by atoms with E-state index < -0.39 is 23.2 Å². The number of hydrogen-bond donors (Lipinski definition) is 1. The number of rotatable bonds is 5. The zero-order valence-corrected chi connectivity index (χ0v) is 19.6. The van der Waals surface area contributed by atoms with E-state index in [9.17, 15) is 23.1 Å². The number of carbonyl (C=O) groups is 1. The first-order chi connectivity index (χ1) is 17.1. The summed E-state index contributed by atoms with van der Waals surface area (Å²) in [6.07, 6.45) is -0.894. The van der Waals surface area contributed by atoms with Gasteiger partial charge in [-0.15, -0.1) is 0 Å². The van der Waals surface area contributed by atoms with Crippen molar-refractivity contribution in [3.05, 3.63) is 99.7 Å². The second kappa shape index (κ2) is 9.00. The highest BCUT2D eigenvalue weighted by atomic mass is 35.5. The average molecular weight is 532 g/mol. The number of hydrogen-bond acceptors (Lipinski definition) is 5. The van der Waals surface area contributed by atoms with Gasteiger partial charge in [-0.05, 0) is 48.0 Å². The van der Waals surface area contributed by atoms with Crippen molar-refractivity contribution in [2.75, 3.05) is 0 Å². The fourth-order valence-electron chi connectivity index (χ4n) is 3.98. The third kappa shape index (κ3) is 4.31. The SMILES string of the molecule is O=C(c1cnc(-c2ccncc2)o1)c1c(C(F)(F)F)n(Cc2ccc(Cl)cc2Cl)c2ccc(O)cc12. The molecule has 0 atom stereocenters. The summed E-state index contributed by atoms with van der Waals surface area (Å²) in [5.74, 6) is -1.68. The number of phenols is 1. The summed E-state index contributed by atoms with van der Waals surface area (Å²) in [5, 5.41) is 10.4. The summed E-state index contributed by atoms with van der Waals surface area (Å²) >= 11 is 12.2. The Morgan fingerprint density at radius 1 is 1.06 bits per heavy atom. The molecule has 6 nitrogen and oxygen atoms in total. The quantitative estimate of drug-likeness (QED) is 0.247. The van der Waals surface area contributed by atoms with E-state index in [2.05, 4.69) is 9.97 Å². The first kappa shape index (κ1) is 23.9. The molecule has 36 heavy (non-hydrogen) atoms. The Kier molecular flexibility index (Phi) is 5.97. The number of ketones is 1. The number of oxazole rings is 1. The number of nitrogens with zero attached hydrogens (tertiary/aromatic N) is 3. The molecule has 5 rings (SSSR count). The van der Waals surface area contributed by atoms with Crippen LogP contribution in [0.15, 0.2) is 71.5 Å². The van der Waals surface area contributed by atoms with Crippen molar-refractivity contribution < 1.29 is 27.5 Å². The van der Waals surface area contributed by atoms with Gasteiger partial charge in [0.2, 0.25) is 11.7 Å². The van der Waals surface area contributed by atoms with E-state index in [-0.39, 0.29) is 39.9 Å². The first-order valence-corrected chi connectivity index (χ1v) is 11.2. The molecule has 1 N–H and O–H groups in total. The van der Waals surface area contributed by atoms with E-state index >= 15 is 0 Å². The monoisotopic (exact) mass is 531 g/mol. The van der Waals surface area contributed by atoms with Gasteiger partial charge in [0, 0.05) is 45.5 Å². The summed E-state index contributed by atoms with van der Waals surface area (Å²) in [7, 11) is 0. The van der Waals surface area contributed by atoms with Gasteiger partial charge in [0.25, 0.3) is 0 Å². The largest absolute Gasteiger partial charge is 0.508 e. The second-order valence-electron chi connectivity index (χ2n) is 7.84. The Morgan fingerprint density at radius 3 is 2.50 bits per heavy atom. The minimum Gasteiger partial charge on any atom is -0.508 e. The van der Waals surface area contributed by atoms with E-state index in [1.165, 1.54) is 42.7 Å². The zero-order chi connectivity index (χ0) is 25.6. The van der Waals surface area contributed by atoms with Crippen molar-refractivity contribution in [2.45, 2.75) is 12.7 Å². The normalized spacial score (nSPS) is 11.8. The smallest absolute Gasteiger partial charge is 0.432 e. The predicted octanol–water partition coefficient (Wildman–Crippen LogP) is 7.00. The van der Waals surface area contributed by atoms with Gasteiger partial charge in [-0.3, -0.25) is 9.78 Å². The molecular formula is C25H14Cl2F3N3O3. The van der Waals surface area contributed by atoms with Crippen LogP contribution in [-0.4, -0.2) is 25.4 Å². The molecule has 0 unspecified atom stereocenters. The molecule has 11 heteroatoms. The first-order valence-electron chi connectivity index (χ1n) is 10.4. The minimum atomic E-state index is -4.94. The number of pyridine rings is 1. The van der Waals surface area contributed by atoms with Gasteiger partial charge in [-0.2, -0.15) is 13.2 Å². The Balaban J connectivity index is 1.71. The molecule has 0 bridgehead atoms. The van der Waals surface area contributed by atoms with Gasteiger partial charge in [0.1, 0.15) is 11.4 Å².